The fraction of sp³-hybridized carbons (Fsp3) is 0.278. The number of carbonyl (C=O) groups excluding carboxylic acids is 1. The van der Waals surface area contributed by atoms with E-state index < -0.39 is 0 Å². The lowest BCUT2D eigenvalue weighted by molar-refractivity contribution is 0.0601. The van der Waals surface area contributed by atoms with E-state index in [1.165, 1.54) is 20.0 Å². The number of hydrogen-bond acceptors (Lipinski definition) is 3. The Morgan fingerprint density at radius 2 is 1.71 bits per heavy atom. The molecule has 0 aliphatic carbocycles. The van der Waals surface area contributed by atoms with Crippen LogP contribution < -0.4 is 4.90 Å². The molecule has 1 aliphatic heterocycles. The standard InChI is InChI=1S/C18H19NO2/c1-21-18(20)15-10-7-11-16(19-12-5-6-13-19)17(15)14-8-3-2-4-9-14/h2-4,7-11H,5-6,12-13H2,1H3. The maximum Gasteiger partial charge on any atom is 0.338 e. The topological polar surface area (TPSA) is 29.5 Å². The molecule has 2 aromatic rings. The monoisotopic (exact) mass is 281 g/mol. The third-order valence-electron chi connectivity index (χ3n) is 3.96. The average molecular weight is 281 g/mol. The zero-order chi connectivity index (χ0) is 14.7. The Balaban J connectivity index is 2.18. The molecular formula is C18H19NO2. The lowest BCUT2D eigenvalue weighted by atomic mass is 9.97. The van der Waals surface area contributed by atoms with Gasteiger partial charge in [0.1, 0.15) is 0 Å². The predicted molar refractivity (Wildman–Crippen MR) is 84.7 cm³/mol. The van der Waals surface area contributed by atoms with Crippen LogP contribution in [0.15, 0.2) is 48.5 Å². The third kappa shape index (κ3) is 2.64. The molecule has 1 heterocycles. The SMILES string of the molecule is COC(=O)c1cccc(N2CCCC2)c1-c1ccccc1. The van der Waals surface area contributed by atoms with Gasteiger partial charge in [0.25, 0.3) is 0 Å². The first kappa shape index (κ1) is 13.7. The second kappa shape index (κ2) is 6.00. The second-order valence-corrected chi connectivity index (χ2v) is 5.25. The Hall–Kier alpha value is -2.29. The zero-order valence-corrected chi connectivity index (χ0v) is 12.2. The summed E-state index contributed by atoms with van der Waals surface area (Å²) in [6, 6.07) is 15.9. The van der Waals surface area contributed by atoms with Crippen LogP contribution in [0.5, 0.6) is 0 Å². The first-order chi connectivity index (χ1) is 10.3. The summed E-state index contributed by atoms with van der Waals surface area (Å²) in [4.78, 5) is 14.5. The Bertz CT molecular complexity index is 631. The number of anilines is 1. The minimum Gasteiger partial charge on any atom is -0.465 e. The molecule has 3 rings (SSSR count). The molecule has 1 fully saturated rings. The highest BCUT2D eigenvalue weighted by Crippen LogP contribution is 2.36. The minimum absolute atomic E-state index is 0.283. The molecule has 1 aliphatic rings. The van der Waals surface area contributed by atoms with Crippen LogP contribution in [-0.4, -0.2) is 26.2 Å². The van der Waals surface area contributed by atoms with E-state index in [4.69, 9.17) is 4.74 Å². The van der Waals surface area contributed by atoms with Crippen LogP contribution >= 0.6 is 0 Å². The number of carbonyl (C=O) groups is 1. The van der Waals surface area contributed by atoms with Crippen LogP contribution in [0.4, 0.5) is 5.69 Å². The van der Waals surface area contributed by atoms with Gasteiger partial charge >= 0.3 is 5.97 Å². The lowest BCUT2D eigenvalue weighted by Gasteiger charge is -2.23. The van der Waals surface area contributed by atoms with Crippen molar-refractivity contribution in [2.24, 2.45) is 0 Å². The number of methoxy groups -OCH3 is 1. The summed E-state index contributed by atoms with van der Waals surface area (Å²) in [5.74, 6) is -0.283. The van der Waals surface area contributed by atoms with Gasteiger partial charge < -0.3 is 9.64 Å². The van der Waals surface area contributed by atoms with Crippen LogP contribution in [0.1, 0.15) is 23.2 Å². The maximum absolute atomic E-state index is 12.1. The number of esters is 1. The second-order valence-electron chi connectivity index (χ2n) is 5.25. The molecule has 0 spiro atoms. The van der Waals surface area contributed by atoms with Gasteiger partial charge in [-0.1, -0.05) is 36.4 Å². The molecule has 0 N–H and O–H groups in total. The summed E-state index contributed by atoms with van der Waals surface area (Å²) < 4.78 is 4.96. The quantitative estimate of drug-likeness (QED) is 0.803. The predicted octanol–water partition coefficient (Wildman–Crippen LogP) is 3.74. The number of rotatable bonds is 3. The molecule has 0 amide bonds. The summed E-state index contributed by atoms with van der Waals surface area (Å²) >= 11 is 0. The molecule has 0 unspecified atom stereocenters. The highest BCUT2D eigenvalue weighted by molar-refractivity contribution is 6.01. The Morgan fingerprint density at radius 1 is 1.00 bits per heavy atom. The van der Waals surface area contributed by atoms with Gasteiger partial charge in [-0.3, -0.25) is 0 Å². The number of ether oxygens (including phenoxy) is 1. The Morgan fingerprint density at radius 3 is 2.38 bits per heavy atom. The highest BCUT2D eigenvalue weighted by atomic mass is 16.5. The first-order valence-corrected chi connectivity index (χ1v) is 7.33. The smallest absolute Gasteiger partial charge is 0.338 e. The maximum atomic E-state index is 12.1. The normalized spacial score (nSPS) is 14.2. The zero-order valence-electron chi connectivity index (χ0n) is 12.2. The molecule has 3 heteroatoms. The fourth-order valence-corrected chi connectivity index (χ4v) is 2.95. The van der Waals surface area contributed by atoms with Gasteiger partial charge in [0.05, 0.1) is 12.7 Å². The average Bonchev–Trinajstić information content (AvgIpc) is 3.08. The van der Waals surface area contributed by atoms with Crippen LogP contribution in [-0.2, 0) is 4.74 Å². The molecule has 3 nitrogen and oxygen atoms in total. The van der Waals surface area contributed by atoms with Gasteiger partial charge in [-0.2, -0.15) is 0 Å². The van der Waals surface area contributed by atoms with Gasteiger partial charge in [0.2, 0.25) is 0 Å². The van der Waals surface area contributed by atoms with Crippen molar-refractivity contribution in [1.82, 2.24) is 0 Å². The molecule has 0 saturated carbocycles. The van der Waals surface area contributed by atoms with E-state index in [0.717, 1.165) is 29.9 Å². The van der Waals surface area contributed by atoms with Crippen LogP contribution in [0.3, 0.4) is 0 Å². The number of benzene rings is 2. The van der Waals surface area contributed by atoms with Crippen molar-refractivity contribution in [2.45, 2.75) is 12.8 Å². The van der Waals surface area contributed by atoms with Crippen molar-refractivity contribution in [2.75, 3.05) is 25.1 Å². The van der Waals surface area contributed by atoms with Crippen LogP contribution in [0, 0.1) is 0 Å². The van der Waals surface area contributed by atoms with E-state index in [0.29, 0.717) is 5.56 Å². The van der Waals surface area contributed by atoms with Crippen molar-refractivity contribution >= 4 is 11.7 Å². The molecule has 0 bridgehead atoms. The molecule has 1 saturated heterocycles. The summed E-state index contributed by atoms with van der Waals surface area (Å²) in [5.41, 5.74) is 3.79. The number of nitrogens with zero attached hydrogens (tertiary/aromatic N) is 1. The summed E-state index contributed by atoms with van der Waals surface area (Å²) in [5, 5.41) is 0. The van der Waals surface area contributed by atoms with E-state index in [9.17, 15) is 4.79 Å². The van der Waals surface area contributed by atoms with Gasteiger partial charge in [-0.05, 0) is 30.5 Å². The van der Waals surface area contributed by atoms with Gasteiger partial charge in [0.15, 0.2) is 0 Å². The molecule has 2 aromatic carbocycles. The Kier molecular flexibility index (Phi) is 3.91. The third-order valence-corrected chi connectivity index (χ3v) is 3.96. The van der Waals surface area contributed by atoms with Crippen LogP contribution in [0.25, 0.3) is 11.1 Å². The first-order valence-electron chi connectivity index (χ1n) is 7.33. The van der Waals surface area contributed by atoms with Crippen molar-refractivity contribution < 1.29 is 9.53 Å². The van der Waals surface area contributed by atoms with E-state index in [-0.39, 0.29) is 5.97 Å². The molecule has 21 heavy (non-hydrogen) atoms. The summed E-state index contributed by atoms with van der Waals surface area (Å²) in [6.07, 6.45) is 2.41. The Labute approximate surface area is 125 Å². The minimum atomic E-state index is -0.283. The van der Waals surface area contributed by atoms with Gasteiger partial charge in [-0.15, -0.1) is 0 Å². The summed E-state index contributed by atoms with van der Waals surface area (Å²) in [7, 11) is 1.43. The lowest BCUT2D eigenvalue weighted by Crippen LogP contribution is -2.19. The van der Waals surface area contributed by atoms with Crippen molar-refractivity contribution in [3.63, 3.8) is 0 Å². The van der Waals surface area contributed by atoms with E-state index >= 15 is 0 Å². The molecular weight excluding hydrogens is 262 g/mol. The number of hydrogen-bond donors (Lipinski definition) is 0. The van der Waals surface area contributed by atoms with Gasteiger partial charge in [-0.25, -0.2) is 4.79 Å². The van der Waals surface area contributed by atoms with Gasteiger partial charge in [0, 0.05) is 24.3 Å². The van der Waals surface area contributed by atoms with Crippen LogP contribution in [0.2, 0.25) is 0 Å². The molecule has 0 aromatic heterocycles. The molecule has 108 valence electrons. The van der Waals surface area contributed by atoms with Crippen molar-refractivity contribution in [3.8, 4) is 11.1 Å². The van der Waals surface area contributed by atoms with E-state index in [1.54, 1.807) is 0 Å². The highest BCUT2D eigenvalue weighted by Gasteiger charge is 2.21. The fourth-order valence-electron chi connectivity index (χ4n) is 2.95. The van der Waals surface area contributed by atoms with E-state index in [1.807, 2.05) is 42.5 Å². The van der Waals surface area contributed by atoms with Crippen molar-refractivity contribution in [3.05, 3.63) is 54.1 Å². The van der Waals surface area contributed by atoms with E-state index in [2.05, 4.69) is 11.0 Å². The van der Waals surface area contributed by atoms with Crippen molar-refractivity contribution in [1.29, 1.82) is 0 Å². The molecule has 0 atom stereocenters. The molecule has 0 radical (unpaired) electrons. The largest absolute Gasteiger partial charge is 0.465 e. The summed E-state index contributed by atoms with van der Waals surface area (Å²) in [6.45, 7) is 2.09.